The van der Waals surface area contributed by atoms with E-state index in [0.717, 1.165) is 11.1 Å². The van der Waals surface area contributed by atoms with Crippen LogP contribution in [0.25, 0.3) is 11.1 Å². The molecule has 0 saturated carbocycles. The summed E-state index contributed by atoms with van der Waals surface area (Å²) >= 11 is 0. The number of ether oxygens (including phenoxy) is 1. The van der Waals surface area contributed by atoms with Crippen molar-refractivity contribution < 1.29 is 14.3 Å². The highest BCUT2D eigenvalue weighted by molar-refractivity contribution is 5.72. The second-order valence-corrected chi connectivity index (χ2v) is 6.10. The van der Waals surface area contributed by atoms with E-state index in [9.17, 15) is 9.59 Å². The Morgan fingerprint density at radius 3 is 2.32 bits per heavy atom. The minimum atomic E-state index is -0.269. The van der Waals surface area contributed by atoms with Crippen molar-refractivity contribution in [1.82, 2.24) is 5.32 Å². The van der Waals surface area contributed by atoms with Gasteiger partial charge in [-0.25, -0.2) is 0 Å². The second kappa shape index (κ2) is 9.62. The summed E-state index contributed by atoms with van der Waals surface area (Å²) in [5, 5.41) is 2.69. The van der Waals surface area contributed by atoms with Crippen molar-refractivity contribution >= 4 is 12.4 Å². The highest BCUT2D eigenvalue weighted by atomic mass is 16.5. The molecule has 0 heterocycles. The highest BCUT2D eigenvalue weighted by Gasteiger charge is 2.20. The van der Waals surface area contributed by atoms with Crippen molar-refractivity contribution in [2.45, 2.75) is 32.7 Å². The zero-order valence-electron chi connectivity index (χ0n) is 14.7. The molecule has 0 spiro atoms. The maximum absolute atomic E-state index is 11.8. The Morgan fingerprint density at radius 1 is 1.08 bits per heavy atom. The first-order valence-electron chi connectivity index (χ1n) is 8.57. The number of hydrogen-bond donors (Lipinski definition) is 1. The summed E-state index contributed by atoms with van der Waals surface area (Å²) in [5.74, 6) is -0.506. The van der Waals surface area contributed by atoms with Gasteiger partial charge in [0.25, 0.3) is 0 Å². The minimum absolute atomic E-state index is 0.153. The number of carbonyl (C=O) groups is 1. The first kappa shape index (κ1) is 18.7. The van der Waals surface area contributed by atoms with Crippen molar-refractivity contribution in [2.75, 3.05) is 6.61 Å². The van der Waals surface area contributed by atoms with Gasteiger partial charge in [-0.2, -0.15) is 0 Å². The smallest absolute Gasteiger partial charge is 0.309 e. The zero-order chi connectivity index (χ0) is 18.1. The zero-order valence-corrected chi connectivity index (χ0v) is 14.7. The van der Waals surface area contributed by atoms with Crippen LogP contribution in [0, 0.1) is 5.92 Å². The van der Waals surface area contributed by atoms with Crippen LogP contribution >= 0.6 is 0 Å². The molecule has 0 bridgehead atoms. The van der Waals surface area contributed by atoms with Gasteiger partial charge in [0.1, 0.15) is 0 Å². The van der Waals surface area contributed by atoms with Gasteiger partial charge >= 0.3 is 12.4 Å². The molecular weight excluding hydrogens is 314 g/mol. The Hall–Kier alpha value is -2.62. The number of hydrogen-bond acceptors (Lipinski definition) is 3. The number of nitrogens with one attached hydrogen (secondary N) is 1. The van der Waals surface area contributed by atoms with Crippen LogP contribution in [0.4, 0.5) is 0 Å². The predicted molar refractivity (Wildman–Crippen MR) is 98.6 cm³/mol. The quantitative estimate of drug-likeness (QED) is 0.562. The molecule has 2 rings (SSSR count). The summed E-state index contributed by atoms with van der Waals surface area (Å²) < 4.78 is 5.03. The SMILES string of the molecule is CCOC(=O)C(C)CC(Cc1ccc(-c2ccccc2)cc1)N[C]=O. The van der Waals surface area contributed by atoms with Gasteiger partial charge < -0.3 is 10.1 Å². The number of amides is 1. The summed E-state index contributed by atoms with van der Waals surface area (Å²) in [6.45, 7) is 3.96. The lowest BCUT2D eigenvalue weighted by atomic mass is 9.95. The van der Waals surface area contributed by atoms with E-state index >= 15 is 0 Å². The van der Waals surface area contributed by atoms with E-state index in [1.807, 2.05) is 25.1 Å². The van der Waals surface area contributed by atoms with Crippen molar-refractivity contribution in [1.29, 1.82) is 0 Å². The molecule has 0 aliphatic rings. The number of carbonyl (C=O) groups excluding carboxylic acids is 2. The van der Waals surface area contributed by atoms with Crippen LogP contribution in [0.1, 0.15) is 25.8 Å². The molecule has 1 radical (unpaired) electrons. The molecule has 4 nitrogen and oxygen atoms in total. The minimum Gasteiger partial charge on any atom is -0.466 e. The lowest BCUT2D eigenvalue weighted by Gasteiger charge is -2.19. The van der Waals surface area contributed by atoms with Crippen molar-refractivity contribution in [3.05, 3.63) is 60.2 Å². The summed E-state index contributed by atoms with van der Waals surface area (Å²) in [5.41, 5.74) is 3.42. The fourth-order valence-corrected chi connectivity index (χ4v) is 2.83. The lowest BCUT2D eigenvalue weighted by molar-refractivity contribution is -0.147. The molecule has 2 atom stereocenters. The molecule has 4 heteroatoms. The van der Waals surface area contributed by atoms with Crippen molar-refractivity contribution in [3.63, 3.8) is 0 Å². The van der Waals surface area contributed by atoms with Crippen LogP contribution in [-0.2, 0) is 20.7 Å². The topological polar surface area (TPSA) is 55.4 Å². The van der Waals surface area contributed by atoms with Crippen LogP contribution in [0.5, 0.6) is 0 Å². The van der Waals surface area contributed by atoms with Gasteiger partial charge in [0.15, 0.2) is 0 Å². The molecule has 0 fully saturated rings. The molecule has 131 valence electrons. The Bertz CT molecular complexity index is 667. The van der Waals surface area contributed by atoms with E-state index in [-0.39, 0.29) is 17.9 Å². The standard InChI is InChI=1S/C21H24NO3/c1-3-25-21(24)16(2)13-20(22-15-23)14-17-9-11-19(12-10-17)18-7-5-4-6-8-18/h4-12,16,20H,3,13-14H2,1-2H3,(H,22,23). The third-order valence-electron chi connectivity index (χ3n) is 4.13. The first-order chi connectivity index (χ1) is 12.1. The first-order valence-corrected chi connectivity index (χ1v) is 8.57. The Kier molecular flexibility index (Phi) is 7.20. The van der Waals surface area contributed by atoms with Gasteiger partial charge in [-0.1, -0.05) is 61.5 Å². The van der Waals surface area contributed by atoms with E-state index in [1.54, 1.807) is 13.3 Å². The molecule has 0 aromatic heterocycles. The highest BCUT2D eigenvalue weighted by Crippen LogP contribution is 2.20. The monoisotopic (exact) mass is 338 g/mol. The molecule has 0 saturated heterocycles. The van der Waals surface area contributed by atoms with Crippen LogP contribution in [-0.4, -0.2) is 25.0 Å². The average Bonchev–Trinajstić information content (AvgIpc) is 2.63. The van der Waals surface area contributed by atoms with Crippen molar-refractivity contribution in [2.24, 2.45) is 5.92 Å². The number of esters is 1. The molecule has 0 aliphatic carbocycles. The van der Waals surface area contributed by atoms with Gasteiger partial charge in [-0.3, -0.25) is 9.59 Å². The normalized spacial score (nSPS) is 12.9. The number of rotatable bonds is 9. The van der Waals surface area contributed by atoms with Crippen molar-refractivity contribution in [3.8, 4) is 11.1 Å². The van der Waals surface area contributed by atoms with E-state index < -0.39 is 0 Å². The van der Waals surface area contributed by atoms with Gasteiger partial charge in [0.05, 0.1) is 12.5 Å². The molecule has 1 N–H and O–H groups in total. The van der Waals surface area contributed by atoms with Crippen LogP contribution in [0.3, 0.4) is 0 Å². The predicted octanol–water partition coefficient (Wildman–Crippen LogP) is 3.51. The van der Waals surface area contributed by atoms with Crippen LogP contribution < -0.4 is 5.32 Å². The Labute approximate surface area is 149 Å². The molecule has 0 aliphatic heterocycles. The summed E-state index contributed by atoms with van der Waals surface area (Å²) in [4.78, 5) is 22.6. The van der Waals surface area contributed by atoms with E-state index in [2.05, 4.69) is 41.7 Å². The molecule has 25 heavy (non-hydrogen) atoms. The summed E-state index contributed by atoms with van der Waals surface area (Å²) in [7, 11) is 0. The maximum Gasteiger partial charge on any atom is 0.309 e. The molecule has 2 unspecified atom stereocenters. The fourth-order valence-electron chi connectivity index (χ4n) is 2.83. The van der Waals surface area contributed by atoms with Gasteiger partial charge in [-0.15, -0.1) is 0 Å². The Balaban J connectivity index is 2.01. The number of benzene rings is 2. The molecule has 2 aromatic rings. The van der Waals surface area contributed by atoms with Gasteiger partial charge in [0, 0.05) is 6.04 Å². The maximum atomic E-state index is 11.8. The summed E-state index contributed by atoms with van der Waals surface area (Å²) in [6, 6.07) is 18.3. The van der Waals surface area contributed by atoms with Gasteiger partial charge in [-0.05, 0) is 36.5 Å². The van der Waals surface area contributed by atoms with E-state index in [4.69, 9.17) is 4.74 Å². The van der Waals surface area contributed by atoms with Gasteiger partial charge in [0.2, 0.25) is 0 Å². The molecular formula is C21H24NO3. The van der Waals surface area contributed by atoms with Crippen LogP contribution in [0.15, 0.2) is 54.6 Å². The van der Waals surface area contributed by atoms with E-state index in [0.29, 0.717) is 19.4 Å². The molecule has 2 aromatic carbocycles. The third-order valence-corrected chi connectivity index (χ3v) is 4.13. The van der Waals surface area contributed by atoms with Crippen LogP contribution in [0.2, 0.25) is 0 Å². The second-order valence-electron chi connectivity index (χ2n) is 6.10. The summed E-state index contributed by atoms with van der Waals surface area (Å²) in [6.07, 6.45) is 2.92. The molecule has 1 amide bonds. The largest absolute Gasteiger partial charge is 0.466 e. The third kappa shape index (κ3) is 5.75. The fraction of sp³-hybridized carbons (Fsp3) is 0.333. The Morgan fingerprint density at radius 2 is 1.72 bits per heavy atom. The lowest BCUT2D eigenvalue weighted by Crippen LogP contribution is -2.33. The van der Waals surface area contributed by atoms with E-state index in [1.165, 1.54) is 5.56 Å². The average molecular weight is 338 g/mol.